The number of carbonyl (C=O) groups is 1. The molecule has 3 atom stereocenters. The fraction of sp³-hybridized carbons (Fsp3) is 0.816. The van der Waals surface area contributed by atoms with Gasteiger partial charge in [0.25, 0.3) is 0 Å². The highest BCUT2D eigenvalue weighted by Gasteiger charge is 2.36. The van der Waals surface area contributed by atoms with E-state index in [9.17, 15) is 9.90 Å². The van der Waals surface area contributed by atoms with Crippen LogP contribution in [0.2, 0.25) is 0 Å². The van der Waals surface area contributed by atoms with Crippen LogP contribution in [0.3, 0.4) is 0 Å². The first-order valence-corrected chi connectivity index (χ1v) is 23.5. The second-order valence-corrected chi connectivity index (χ2v) is 16.3. The van der Waals surface area contributed by atoms with Gasteiger partial charge >= 0.3 is 0 Å². The Labute approximate surface area is 341 Å². The zero-order chi connectivity index (χ0) is 39.7. The maximum absolute atomic E-state index is 12.7. The van der Waals surface area contributed by atoms with Crippen LogP contribution < -0.4 is 5.73 Å². The van der Waals surface area contributed by atoms with E-state index < -0.39 is 6.04 Å². The minimum absolute atomic E-state index is 0.162. The van der Waals surface area contributed by atoms with Crippen LogP contribution in [0.15, 0.2) is 48.6 Å². The maximum Gasteiger partial charge on any atom is 0.241 e. The molecule has 320 valence electrons. The first-order chi connectivity index (χ1) is 27.1. The van der Waals surface area contributed by atoms with Crippen molar-refractivity contribution < 1.29 is 19.4 Å². The molecule has 0 unspecified atom stereocenters. The largest absolute Gasteiger partial charge is 0.394 e. The maximum atomic E-state index is 12.7. The lowest BCUT2D eigenvalue weighted by Gasteiger charge is -2.19. The fourth-order valence-electron chi connectivity index (χ4n) is 7.37. The van der Waals surface area contributed by atoms with Gasteiger partial charge in [-0.3, -0.25) is 4.79 Å². The number of hydrogen-bond donors (Lipinski definition) is 2. The summed E-state index contributed by atoms with van der Waals surface area (Å²) in [5.41, 5.74) is 5.88. The minimum atomic E-state index is -0.843. The number of hydrogen-bond acceptors (Lipinski definition) is 5. The number of nitrogens with zero attached hydrogens (tertiary/aromatic N) is 1. The molecule has 0 spiro atoms. The van der Waals surface area contributed by atoms with Crippen molar-refractivity contribution in [3.63, 3.8) is 0 Å². The van der Waals surface area contributed by atoms with Crippen molar-refractivity contribution in [1.82, 2.24) is 4.90 Å². The number of aliphatic hydroxyl groups excluding tert-OH is 1. The summed E-state index contributed by atoms with van der Waals surface area (Å²) < 4.78 is 12.3. The van der Waals surface area contributed by atoms with E-state index in [1.807, 2.05) is 4.90 Å². The number of rotatable bonds is 40. The number of ether oxygens (including phenoxy) is 2. The van der Waals surface area contributed by atoms with Crippen molar-refractivity contribution in [3.8, 4) is 0 Å². The number of nitrogens with two attached hydrogens (primary N) is 1. The Balaban J connectivity index is 2.07. The molecule has 1 heterocycles. The summed E-state index contributed by atoms with van der Waals surface area (Å²) >= 11 is 0. The highest BCUT2D eigenvalue weighted by Crippen LogP contribution is 2.25. The van der Waals surface area contributed by atoms with Crippen molar-refractivity contribution >= 4 is 5.91 Å². The predicted molar refractivity (Wildman–Crippen MR) is 237 cm³/mol. The first-order valence-electron chi connectivity index (χ1n) is 23.5. The van der Waals surface area contributed by atoms with E-state index in [1.54, 1.807) is 0 Å². The molecule has 1 rings (SSSR count). The summed E-state index contributed by atoms with van der Waals surface area (Å²) in [6, 6.07) is -0.843. The predicted octanol–water partition coefficient (Wildman–Crippen LogP) is 12.6. The van der Waals surface area contributed by atoms with Gasteiger partial charge in [0, 0.05) is 38.1 Å². The molecule has 0 aliphatic carbocycles. The number of allylic oxidation sites excluding steroid dienone is 8. The van der Waals surface area contributed by atoms with E-state index in [4.69, 9.17) is 15.2 Å². The lowest BCUT2D eigenvalue weighted by Crippen LogP contribution is -2.45. The number of amides is 1. The summed E-state index contributed by atoms with van der Waals surface area (Å²) in [7, 11) is 0. The van der Waals surface area contributed by atoms with Gasteiger partial charge in [0.2, 0.25) is 5.91 Å². The molecule has 1 amide bonds. The molecule has 1 fully saturated rings. The molecule has 3 N–H and O–H groups in total. The monoisotopic (exact) mass is 771 g/mol. The Morgan fingerprint density at radius 3 is 1.22 bits per heavy atom. The normalized spacial score (nSPS) is 17.0. The van der Waals surface area contributed by atoms with E-state index in [0.29, 0.717) is 26.3 Å². The van der Waals surface area contributed by atoms with E-state index >= 15 is 0 Å². The van der Waals surface area contributed by atoms with Crippen LogP contribution in [-0.4, -0.2) is 68.1 Å². The Hall–Kier alpha value is -1.73. The third-order valence-electron chi connectivity index (χ3n) is 11.0. The van der Waals surface area contributed by atoms with Gasteiger partial charge in [0.05, 0.1) is 19.8 Å². The third kappa shape index (κ3) is 32.0. The molecule has 1 saturated heterocycles. The molecule has 1 aliphatic heterocycles. The molecular weight excluding hydrogens is 681 g/mol. The number of likely N-dealkylation sites (tertiary alicyclic amines) is 1. The molecule has 0 bridgehead atoms. The third-order valence-corrected chi connectivity index (χ3v) is 11.0. The second kappa shape index (κ2) is 40.5. The van der Waals surface area contributed by atoms with Gasteiger partial charge in [0.1, 0.15) is 6.04 Å². The average molecular weight is 771 g/mol. The van der Waals surface area contributed by atoms with Gasteiger partial charge in [-0.05, 0) is 77.0 Å². The molecule has 6 heteroatoms. The molecule has 55 heavy (non-hydrogen) atoms. The Morgan fingerprint density at radius 2 is 0.873 bits per heavy atom. The van der Waals surface area contributed by atoms with Gasteiger partial charge in [-0.1, -0.05) is 165 Å². The van der Waals surface area contributed by atoms with Crippen LogP contribution in [0.4, 0.5) is 0 Å². The lowest BCUT2D eigenvalue weighted by atomic mass is 9.98. The quantitative estimate of drug-likeness (QED) is 0.0479. The molecule has 0 aromatic rings. The zero-order valence-electron chi connectivity index (χ0n) is 36.3. The van der Waals surface area contributed by atoms with Crippen molar-refractivity contribution in [1.29, 1.82) is 0 Å². The SMILES string of the molecule is CCCCCC=CCC=CCCCCCCCCCCOC[C@@H]1CN(C(=O)[C@@H](N)CO)C[C@H]1COCCCCCCCCCCC=CCC=CCCCCC. The average Bonchev–Trinajstić information content (AvgIpc) is 3.61. The van der Waals surface area contributed by atoms with Crippen molar-refractivity contribution in [2.45, 2.75) is 200 Å². The van der Waals surface area contributed by atoms with Crippen molar-refractivity contribution in [3.05, 3.63) is 48.6 Å². The molecule has 1 aliphatic rings. The summed E-state index contributed by atoms with van der Waals surface area (Å²) in [4.78, 5) is 14.5. The number of carbonyl (C=O) groups excluding carboxylic acids is 1. The van der Waals surface area contributed by atoms with Crippen LogP contribution in [0, 0.1) is 11.8 Å². The number of aliphatic hydroxyl groups is 1. The van der Waals surface area contributed by atoms with Crippen molar-refractivity contribution in [2.75, 3.05) is 46.1 Å². The van der Waals surface area contributed by atoms with Crippen LogP contribution in [0.25, 0.3) is 0 Å². The van der Waals surface area contributed by atoms with Gasteiger partial charge < -0.3 is 25.2 Å². The van der Waals surface area contributed by atoms with E-state index in [1.165, 1.54) is 154 Å². The molecule has 0 aromatic carbocycles. The Morgan fingerprint density at radius 1 is 0.545 bits per heavy atom. The van der Waals surface area contributed by atoms with Gasteiger partial charge in [0.15, 0.2) is 0 Å². The van der Waals surface area contributed by atoms with Crippen LogP contribution in [-0.2, 0) is 14.3 Å². The molecule has 0 aromatic heterocycles. The molecule has 0 radical (unpaired) electrons. The fourth-order valence-corrected chi connectivity index (χ4v) is 7.37. The Bertz CT molecular complexity index is 883. The van der Waals surface area contributed by atoms with Crippen molar-refractivity contribution in [2.24, 2.45) is 17.6 Å². The first kappa shape index (κ1) is 51.3. The summed E-state index contributed by atoms with van der Waals surface area (Å²) in [6.45, 7) is 8.34. The van der Waals surface area contributed by atoms with Crippen LogP contribution in [0.5, 0.6) is 0 Å². The van der Waals surface area contributed by atoms with Gasteiger partial charge in [-0.2, -0.15) is 0 Å². The zero-order valence-corrected chi connectivity index (χ0v) is 36.3. The van der Waals surface area contributed by atoms with Crippen LogP contribution >= 0.6 is 0 Å². The molecular formula is C49H90N2O4. The van der Waals surface area contributed by atoms with Crippen LogP contribution in [0.1, 0.15) is 194 Å². The minimum Gasteiger partial charge on any atom is -0.394 e. The highest BCUT2D eigenvalue weighted by molar-refractivity contribution is 5.82. The second-order valence-electron chi connectivity index (χ2n) is 16.3. The summed E-state index contributed by atoms with van der Waals surface area (Å²) in [5, 5.41) is 9.43. The van der Waals surface area contributed by atoms with Gasteiger partial charge in [-0.15, -0.1) is 0 Å². The van der Waals surface area contributed by atoms with E-state index in [0.717, 1.165) is 38.9 Å². The summed E-state index contributed by atoms with van der Waals surface area (Å²) in [6.07, 6.45) is 54.2. The Kier molecular flexibility index (Phi) is 37.7. The van der Waals surface area contributed by atoms with E-state index in [2.05, 4.69) is 62.5 Å². The number of unbranched alkanes of at least 4 members (excludes halogenated alkanes) is 22. The molecule has 0 saturated carbocycles. The summed E-state index contributed by atoms with van der Waals surface area (Å²) in [5.74, 6) is 0.346. The lowest BCUT2D eigenvalue weighted by molar-refractivity contribution is -0.132. The highest BCUT2D eigenvalue weighted by atomic mass is 16.5. The molecule has 6 nitrogen and oxygen atoms in total. The standard InChI is InChI=1S/C49H90N2O4/c1-3-5-7-9-11-13-15-17-19-21-23-25-27-29-31-33-35-37-39-54-44-46-41-51(49(53)48(50)43-52)42-47(46)45-55-40-38-36-34-32-30-28-26-24-22-20-18-16-14-12-10-8-6-4-2/h11-14,17-20,46-48,52H,3-10,15-16,21-45,50H2,1-2H3/t46-,47-,48-/m0/s1. The van der Waals surface area contributed by atoms with E-state index in [-0.39, 0.29) is 24.3 Å². The smallest absolute Gasteiger partial charge is 0.241 e. The topological polar surface area (TPSA) is 85.0 Å². The van der Waals surface area contributed by atoms with Gasteiger partial charge in [-0.25, -0.2) is 0 Å².